The number of nitrogens with zero attached hydrogens (tertiary/aromatic N) is 1. The zero-order valence-electron chi connectivity index (χ0n) is 10.2. The number of Topliss-reactive ketones (excluding diaryl/α,β-unsaturated/α-hetero) is 1. The fourth-order valence-corrected chi connectivity index (χ4v) is 3.16. The Balaban J connectivity index is 1.86. The standard InChI is InChI=1S/C13H23NO2/c1-10-6-7-14(12(10)9-15)8-13(16)11-4-2-3-5-11/h10-12,15H,2-9H2,1H3. The summed E-state index contributed by atoms with van der Waals surface area (Å²) in [5.41, 5.74) is 0. The van der Waals surface area contributed by atoms with Crippen LogP contribution < -0.4 is 0 Å². The van der Waals surface area contributed by atoms with Gasteiger partial charge in [0.1, 0.15) is 5.78 Å². The average molecular weight is 225 g/mol. The van der Waals surface area contributed by atoms with E-state index in [-0.39, 0.29) is 12.6 Å². The molecule has 1 heterocycles. The van der Waals surface area contributed by atoms with Gasteiger partial charge in [0.25, 0.3) is 0 Å². The smallest absolute Gasteiger partial charge is 0.149 e. The summed E-state index contributed by atoms with van der Waals surface area (Å²) in [5.74, 6) is 1.25. The van der Waals surface area contributed by atoms with Crippen molar-refractivity contribution in [1.29, 1.82) is 0 Å². The van der Waals surface area contributed by atoms with Crippen LogP contribution in [0.15, 0.2) is 0 Å². The van der Waals surface area contributed by atoms with Gasteiger partial charge in [-0.2, -0.15) is 0 Å². The molecular weight excluding hydrogens is 202 g/mol. The molecule has 0 spiro atoms. The first kappa shape index (κ1) is 12.1. The molecule has 2 fully saturated rings. The Kier molecular flexibility index (Phi) is 3.98. The predicted molar refractivity (Wildman–Crippen MR) is 63.2 cm³/mol. The molecule has 3 nitrogen and oxygen atoms in total. The van der Waals surface area contributed by atoms with Crippen LogP contribution in [0.1, 0.15) is 39.0 Å². The summed E-state index contributed by atoms with van der Waals surface area (Å²) in [6.45, 7) is 3.91. The van der Waals surface area contributed by atoms with Crippen molar-refractivity contribution in [3.63, 3.8) is 0 Å². The monoisotopic (exact) mass is 225 g/mol. The summed E-state index contributed by atoms with van der Waals surface area (Å²) in [5, 5.41) is 9.33. The molecular formula is C13H23NO2. The number of aliphatic hydroxyl groups is 1. The molecule has 0 aromatic rings. The van der Waals surface area contributed by atoms with Gasteiger partial charge in [0.15, 0.2) is 0 Å². The molecule has 2 rings (SSSR count). The third kappa shape index (κ3) is 2.46. The molecule has 2 aliphatic rings. The van der Waals surface area contributed by atoms with Gasteiger partial charge < -0.3 is 5.11 Å². The Morgan fingerprint density at radius 2 is 2.00 bits per heavy atom. The highest BCUT2D eigenvalue weighted by Gasteiger charge is 2.33. The molecule has 3 heteroatoms. The van der Waals surface area contributed by atoms with E-state index in [4.69, 9.17) is 0 Å². The highest BCUT2D eigenvalue weighted by molar-refractivity contribution is 5.83. The normalized spacial score (nSPS) is 32.4. The molecule has 16 heavy (non-hydrogen) atoms. The maximum atomic E-state index is 12.0. The number of likely N-dealkylation sites (tertiary alicyclic amines) is 1. The van der Waals surface area contributed by atoms with Crippen molar-refractivity contribution in [2.24, 2.45) is 11.8 Å². The van der Waals surface area contributed by atoms with E-state index in [0.717, 1.165) is 25.8 Å². The summed E-state index contributed by atoms with van der Waals surface area (Å²) in [7, 11) is 0. The second kappa shape index (κ2) is 5.28. The molecule has 0 aromatic carbocycles. The minimum absolute atomic E-state index is 0.194. The highest BCUT2D eigenvalue weighted by Crippen LogP contribution is 2.28. The number of carbonyl (C=O) groups is 1. The zero-order chi connectivity index (χ0) is 11.5. The van der Waals surface area contributed by atoms with Gasteiger partial charge in [-0.25, -0.2) is 0 Å². The van der Waals surface area contributed by atoms with Gasteiger partial charge in [0.05, 0.1) is 13.2 Å². The van der Waals surface area contributed by atoms with Crippen LogP contribution >= 0.6 is 0 Å². The Hall–Kier alpha value is -0.410. The summed E-state index contributed by atoms with van der Waals surface area (Å²) in [6.07, 6.45) is 5.73. The van der Waals surface area contributed by atoms with E-state index in [2.05, 4.69) is 11.8 Å². The fraction of sp³-hybridized carbons (Fsp3) is 0.923. The lowest BCUT2D eigenvalue weighted by Crippen LogP contribution is -2.40. The minimum Gasteiger partial charge on any atom is -0.395 e. The SMILES string of the molecule is CC1CCN(CC(=O)C2CCCC2)C1CO. The number of rotatable bonds is 4. The second-order valence-corrected chi connectivity index (χ2v) is 5.43. The van der Waals surface area contributed by atoms with Crippen LogP contribution in [-0.4, -0.2) is 41.5 Å². The molecule has 92 valence electrons. The van der Waals surface area contributed by atoms with Crippen LogP contribution in [0.4, 0.5) is 0 Å². The van der Waals surface area contributed by atoms with Gasteiger partial charge in [-0.1, -0.05) is 19.8 Å². The van der Waals surface area contributed by atoms with Gasteiger partial charge >= 0.3 is 0 Å². The Labute approximate surface area is 97.8 Å². The van der Waals surface area contributed by atoms with Crippen LogP contribution in [0.2, 0.25) is 0 Å². The molecule has 1 aliphatic heterocycles. The van der Waals surface area contributed by atoms with Crippen molar-refractivity contribution < 1.29 is 9.90 Å². The lowest BCUT2D eigenvalue weighted by Gasteiger charge is -2.25. The average Bonchev–Trinajstić information content (AvgIpc) is 2.88. The quantitative estimate of drug-likeness (QED) is 0.787. The van der Waals surface area contributed by atoms with E-state index < -0.39 is 0 Å². The number of ketones is 1. The number of aliphatic hydroxyl groups excluding tert-OH is 1. The van der Waals surface area contributed by atoms with Crippen molar-refractivity contribution in [2.45, 2.75) is 45.1 Å². The molecule has 0 bridgehead atoms. The lowest BCUT2D eigenvalue weighted by atomic mass is 10.0. The maximum Gasteiger partial charge on any atom is 0.149 e. The third-order valence-corrected chi connectivity index (χ3v) is 4.35. The van der Waals surface area contributed by atoms with Crippen molar-refractivity contribution in [1.82, 2.24) is 4.90 Å². The largest absolute Gasteiger partial charge is 0.395 e. The Morgan fingerprint density at radius 3 is 2.62 bits per heavy atom. The topological polar surface area (TPSA) is 40.5 Å². The Bertz CT molecular complexity index is 248. The molecule has 1 saturated carbocycles. The summed E-state index contributed by atoms with van der Waals surface area (Å²) < 4.78 is 0. The third-order valence-electron chi connectivity index (χ3n) is 4.35. The fourth-order valence-electron chi connectivity index (χ4n) is 3.16. The maximum absolute atomic E-state index is 12.0. The van der Waals surface area contributed by atoms with E-state index in [1.165, 1.54) is 12.8 Å². The molecule has 0 radical (unpaired) electrons. The molecule has 1 N–H and O–H groups in total. The minimum atomic E-state index is 0.194. The summed E-state index contributed by atoms with van der Waals surface area (Å²) >= 11 is 0. The zero-order valence-corrected chi connectivity index (χ0v) is 10.2. The molecule has 0 aromatic heterocycles. The summed E-state index contributed by atoms with van der Waals surface area (Å²) in [4.78, 5) is 14.2. The first-order chi connectivity index (χ1) is 7.72. The lowest BCUT2D eigenvalue weighted by molar-refractivity contribution is -0.124. The van der Waals surface area contributed by atoms with E-state index in [1.807, 2.05) is 0 Å². The van der Waals surface area contributed by atoms with Gasteiger partial charge in [0, 0.05) is 12.0 Å². The van der Waals surface area contributed by atoms with E-state index in [1.54, 1.807) is 0 Å². The molecule has 2 atom stereocenters. The van der Waals surface area contributed by atoms with Crippen LogP contribution in [0, 0.1) is 11.8 Å². The van der Waals surface area contributed by atoms with Gasteiger partial charge in [0.2, 0.25) is 0 Å². The van der Waals surface area contributed by atoms with Crippen LogP contribution in [0.5, 0.6) is 0 Å². The van der Waals surface area contributed by atoms with E-state index >= 15 is 0 Å². The van der Waals surface area contributed by atoms with Gasteiger partial charge in [-0.3, -0.25) is 9.69 Å². The van der Waals surface area contributed by atoms with Crippen molar-refractivity contribution in [2.75, 3.05) is 19.7 Å². The predicted octanol–water partition coefficient (Wildman–Crippen LogP) is 1.45. The number of carbonyl (C=O) groups excluding carboxylic acids is 1. The van der Waals surface area contributed by atoms with Crippen LogP contribution in [0.3, 0.4) is 0 Å². The van der Waals surface area contributed by atoms with E-state index in [9.17, 15) is 9.90 Å². The number of hydrogen-bond donors (Lipinski definition) is 1. The summed E-state index contributed by atoms with van der Waals surface area (Å²) in [6, 6.07) is 0.213. The molecule has 1 aliphatic carbocycles. The molecule has 0 amide bonds. The van der Waals surface area contributed by atoms with Crippen molar-refractivity contribution in [3.05, 3.63) is 0 Å². The van der Waals surface area contributed by atoms with Crippen molar-refractivity contribution in [3.8, 4) is 0 Å². The molecule has 2 unspecified atom stereocenters. The first-order valence-electron chi connectivity index (χ1n) is 6.60. The highest BCUT2D eigenvalue weighted by atomic mass is 16.3. The molecule has 1 saturated heterocycles. The van der Waals surface area contributed by atoms with Crippen LogP contribution in [-0.2, 0) is 4.79 Å². The first-order valence-corrected chi connectivity index (χ1v) is 6.60. The van der Waals surface area contributed by atoms with E-state index in [0.29, 0.717) is 24.2 Å². The van der Waals surface area contributed by atoms with Crippen LogP contribution in [0.25, 0.3) is 0 Å². The second-order valence-electron chi connectivity index (χ2n) is 5.43. The Morgan fingerprint density at radius 1 is 1.31 bits per heavy atom. The van der Waals surface area contributed by atoms with Gasteiger partial charge in [-0.15, -0.1) is 0 Å². The van der Waals surface area contributed by atoms with Gasteiger partial charge in [-0.05, 0) is 31.7 Å². The van der Waals surface area contributed by atoms with Crippen molar-refractivity contribution >= 4 is 5.78 Å². The number of hydrogen-bond acceptors (Lipinski definition) is 3.